The molecule has 0 bridgehead atoms. The zero-order valence-electron chi connectivity index (χ0n) is 3.01. The molecule has 2 nitrogen and oxygen atoms in total. The van der Waals surface area contributed by atoms with Crippen LogP contribution in [0.4, 0.5) is 0 Å². The Morgan fingerprint density at radius 2 is 1.00 bits per heavy atom. The maximum atomic E-state index is 7.26. The Morgan fingerprint density at radius 3 is 1.00 bits per heavy atom. The van der Waals surface area contributed by atoms with Gasteiger partial charge < -0.3 is 0 Å². The molecule has 0 aromatic heterocycles. The van der Waals surface area contributed by atoms with Crippen molar-refractivity contribution in [1.29, 1.82) is 10.5 Å². The van der Waals surface area contributed by atoms with Gasteiger partial charge in [0.15, 0.2) is 0 Å². The first-order valence-electron chi connectivity index (χ1n) is 0.855. The summed E-state index contributed by atoms with van der Waals surface area (Å²) in [4.78, 5) is 3.25. The van der Waals surface area contributed by atoms with Gasteiger partial charge >= 0.3 is 52.5 Å². The summed E-state index contributed by atoms with van der Waals surface area (Å²) in [5.74, 6) is 0. The third kappa shape index (κ3) is 465. The number of nitriles is 2. The second-order valence-electron chi connectivity index (χ2n) is 0.183. The predicted molar refractivity (Wildman–Crippen MR) is 22.7 cm³/mol. The molecule has 0 aliphatic heterocycles. The van der Waals surface area contributed by atoms with Crippen molar-refractivity contribution in [2.24, 2.45) is 0 Å². The van der Waals surface area contributed by atoms with E-state index in [1.807, 2.05) is 0 Å². The number of rotatable bonds is 0. The van der Waals surface area contributed by atoms with Crippen LogP contribution in [0.1, 0.15) is 0 Å². The molecular weight excluding hydrogens is 274 g/mol. The summed E-state index contributed by atoms with van der Waals surface area (Å²) >= 11 is 4.22. The van der Waals surface area contributed by atoms with Crippen LogP contribution in [0.5, 0.6) is 0 Å². The summed E-state index contributed by atoms with van der Waals surface area (Å²) in [5.41, 5.74) is 0. The molecule has 0 aromatic rings. The molecule has 3 radical (unpaired) electrons. The van der Waals surface area contributed by atoms with Gasteiger partial charge in [0, 0.05) is 17.1 Å². The van der Waals surface area contributed by atoms with E-state index in [4.69, 9.17) is 10.5 Å². The van der Waals surface area contributed by atoms with Crippen LogP contribution in [0.3, 0.4) is 0 Å². The first kappa shape index (κ1) is 15.6. The molecule has 0 saturated heterocycles. The van der Waals surface area contributed by atoms with Crippen molar-refractivity contribution in [2.75, 3.05) is 0 Å². The fraction of sp³-hybridized carbons (Fsp3) is 0. The summed E-state index contributed by atoms with van der Waals surface area (Å²) in [6.45, 7) is 0. The molecule has 0 amide bonds. The Morgan fingerprint density at radius 1 is 1.00 bits per heavy atom. The van der Waals surface area contributed by atoms with Gasteiger partial charge in [-0.05, 0) is 0 Å². The normalized spacial score (nSPS) is 2.00. The molecule has 7 heavy (non-hydrogen) atoms. The van der Waals surface area contributed by atoms with Crippen LogP contribution < -0.4 is 0 Å². The Labute approximate surface area is 69.4 Å². The molecular formula is C2CuN2Se2. The minimum absolute atomic E-state index is 0. The molecule has 0 atom stereocenters. The van der Waals surface area contributed by atoms with Crippen LogP contribution in [0.15, 0.2) is 0 Å². The van der Waals surface area contributed by atoms with Crippen molar-refractivity contribution < 1.29 is 17.1 Å². The van der Waals surface area contributed by atoms with E-state index in [0.717, 1.165) is 0 Å². The van der Waals surface area contributed by atoms with E-state index in [1.54, 1.807) is 9.94 Å². The molecule has 0 aliphatic rings. The minimum atomic E-state index is 0. The van der Waals surface area contributed by atoms with Gasteiger partial charge in [-0.25, -0.2) is 0 Å². The van der Waals surface area contributed by atoms with Gasteiger partial charge in [0.2, 0.25) is 0 Å². The average molecular weight is 274 g/mol. The molecule has 41 valence electrons. The van der Waals surface area contributed by atoms with Gasteiger partial charge in [0.25, 0.3) is 0 Å². The van der Waals surface area contributed by atoms with Crippen molar-refractivity contribution in [1.82, 2.24) is 0 Å². The zero-order chi connectivity index (χ0) is 5.41. The van der Waals surface area contributed by atoms with Crippen molar-refractivity contribution >= 4 is 32.0 Å². The second-order valence-corrected chi connectivity index (χ2v) is 0.949. The van der Waals surface area contributed by atoms with E-state index in [9.17, 15) is 0 Å². The SMILES string of the molecule is N#C[Se].N#C[Se].[Cu]. The van der Waals surface area contributed by atoms with Crippen LogP contribution >= 0.6 is 0 Å². The van der Waals surface area contributed by atoms with Gasteiger partial charge in [-0.15, -0.1) is 0 Å². The van der Waals surface area contributed by atoms with E-state index in [0.29, 0.717) is 0 Å². The maximum Gasteiger partial charge on any atom is 0 e. The summed E-state index contributed by atoms with van der Waals surface area (Å²) in [6, 6.07) is 0. The predicted octanol–water partition coefficient (Wildman–Crippen LogP) is -0.731. The first-order valence-corrected chi connectivity index (χ1v) is 2.57. The molecule has 0 rings (SSSR count). The zero-order valence-corrected chi connectivity index (χ0v) is 7.38. The number of hydrogen-bond donors (Lipinski definition) is 0. The third-order valence-electron chi connectivity index (χ3n) is 0. The van der Waals surface area contributed by atoms with Gasteiger partial charge in [0.1, 0.15) is 0 Å². The van der Waals surface area contributed by atoms with E-state index >= 15 is 0 Å². The molecule has 0 aliphatic carbocycles. The smallest absolute Gasteiger partial charge is 0 e. The molecule has 0 spiro atoms. The molecule has 0 fully saturated rings. The number of nitrogens with zero attached hydrogens (tertiary/aromatic N) is 2. The van der Waals surface area contributed by atoms with E-state index in [2.05, 4.69) is 32.0 Å². The van der Waals surface area contributed by atoms with Crippen LogP contribution in [0, 0.1) is 20.5 Å². The standard InChI is InChI=1S/2CNSe.Cu/c2*2-1-3;. The minimum Gasteiger partial charge on any atom is 0 e. The van der Waals surface area contributed by atoms with Crippen molar-refractivity contribution in [3.05, 3.63) is 0 Å². The summed E-state index contributed by atoms with van der Waals surface area (Å²) in [7, 11) is 0. The van der Waals surface area contributed by atoms with Crippen LogP contribution in [-0.4, -0.2) is 32.0 Å². The molecule has 0 saturated carbocycles. The van der Waals surface area contributed by atoms with E-state index in [-0.39, 0.29) is 17.1 Å². The summed E-state index contributed by atoms with van der Waals surface area (Å²) in [5, 5.41) is 14.5. The largest absolute Gasteiger partial charge is 0 e. The fourth-order valence-electron chi connectivity index (χ4n) is 0. The molecule has 0 N–H and O–H groups in total. The Balaban J connectivity index is -0.0000000400. The summed E-state index contributed by atoms with van der Waals surface area (Å²) < 4.78 is 0. The molecule has 0 heterocycles. The molecule has 5 heteroatoms. The molecule has 0 unspecified atom stereocenters. The van der Waals surface area contributed by atoms with Gasteiger partial charge in [-0.3, -0.25) is 0 Å². The topological polar surface area (TPSA) is 47.6 Å². The van der Waals surface area contributed by atoms with Crippen molar-refractivity contribution in [2.45, 2.75) is 0 Å². The van der Waals surface area contributed by atoms with Gasteiger partial charge in [-0.1, -0.05) is 0 Å². The Bertz CT molecular complexity index is 68.7. The quantitative estimate of drug-likeness (QED) is 0.546. The van der Waals surface area contributed by atoms with Crippen molar-refractivity contribution in [3.63, 3.8) is 0 Å². The summed E-state index contributed by atoms with van der Waals surface area (Å²) in [6.07, 6.45) is 0. The van der Waals surface area contributed by atoms with E-state index in [1.165, 1.54) is 0 Å². The van der Waals surface area contributed by atoms with Crippen LogP contribution in [0.2, 0.25) is 0 Å². The van der Waals surface area contributed by atoms with Crippen LogP contribution in [0.25, 0.3) is 0 Å². The van der Waals surface area contributed by atoms with Crippen molar-refractivity contribution in [3.8, 4) is 9.94 Å². The second kappa shape index (κ2) is 31.1. The maximum absolute atomic E-state index is 7.26. The third-order valence-corrected chi connectivity index (χ3v) is 0. The molecule has 0 aromatic carbocycles. The van der Waals surface area contributed by atoms with Gasteiger partial charge in [-0.2, -0.15) is 0 Å². The Kier molecular flexibility index (Phi) is 69.6. The average Bonchev–Trinajstić information content (AvgIpc) is 1.39. The fourth-order valence-corrected chi connectivity index (χ4v) is 0. The van der Waals surface area contributed by atoms with Crippen LogP contribution in [-0.2, 0) is 17.1 Å². The first-order chi connectivity index (χ1) is 2.83. The monoisotopic (exact) mass is 275 g/mol. The number of hydrogen-bond acceptors (Lipinski definition) is 2. The Hall–Kier alpha value is 0.538. The van der Waals surface area contributed by atoms with E-state index < -0.39 is 0 Å². The van der Waals surface area contributed by atoms with Gasteiger partial charge in [0.05, 0.1) is 0 Å².